The highest BCUT2D eigenvalue weighted by molar-refractivity contribution is 5.77. The van der Waals surface area contributed by atoms with Gasteiger partial charge in [-0.25, -0.2) is 4.79 Å². The van der Waals surface area contributed by atoms with Crippen molar-refractivity contribution < 1.29 is 19.2 Å². The molecule has 0 fully saturated rings. The van der Waals surface area contributed by atoms with Crippen LogP contribution < -0.4 is 4.74 Å². The molecule has 0 amide bonds. The molecule has 1 aromatic heterocycles. The van der Waals surface area contributed by atoms with Gasteiger partial charge in [0.2, 0.25) is 0 Å². The van der Waals surface area contributed by atoms with Crippen LogP contribution >= 0.6 is 0 Å². The summed E-state index contributed by atoms with van der Waals surface area (Å²) in [6.07, 6.45) is 1.54. The molecule has 0 bridgehead atoms. The topological polar surface area (TPSA) is 72.6 Å². The first-order chi connectivity index (χ1) is 6.75. The predicted octanol–water partition coefficient (Wildman–Crippen LogP) is 1.29. The van der Waals surface area contributed by atoms with E-state index in [9.17, 15) is 4.79 Å². The number of ether oxygens (including phenoxy) is 1. The average molecular weight is 193 g/mol. The molecule has 72 valence electrons. The Bertz CT molecular complexity index is 463. The molecule has 0 atom stereocenters. The van der Waals surface area contributed by atoms with Gasteiger partial charge >= 0.3 is 5.97 Å². The Kier molecular flexibility index (Phi) is 2.06. The van der Waals surface area contributed by atoms with Crippen molar-refractivity contribution in [3.63, 3.8) is 0 Å². The molecule has 1 aromatic carbocycles. The van der Waals surface area contributed by atoms with Crippen molar-refractivity contribution >= 4 is 16.9 Å². The van der Waals surface area contributed by atoms with Crippen molar-refractivity contribution in [3.05, 3.63) is 24.4 Å². The molecular weight excluding hydrogens is 186 g/mol. The summed E-state index contributed by atoms with van der Waals surface area (Å²) in [5.74, 6) is -0.515. The molecule has 0 saturated carbocycles. The fraction of sp³-hybridized carbons (Fsp3) is 0.111. The molecule has 0 spiro atoms. The van der Waals surface area contributed by atoms with Gasteiger partial charge in [0.15, 0.2) is 12.2 Å². The first kappa shape index (κ1) is 8.55. The highest BCUT2D eigenvalue weighted by Gasteiger charge is 2.02. The van der Waals surface area contributed by atoms with E-state index in [2.05, 4.69) is 5.16 Å². The molecule has 1 heterocycles. The van der Waals surface area contributed by atoms with Gasteiger partial charge < -0.3 is 14.4 Å². The van der Waals surface area contributed by atoms with Crippen LogP contribution in [0, 0.1) is 0 Å². The third-order valence-electron chi connectivity index (χ3n) is 1.69. The Morgan fingerprint density at radius 3 is 3.21 bits per heavy atom. The quantitative estimate of drug-likeness (QED) is 0.795. The van der Waals surface area contributed by atoms with Crippen LogP contribution in [0.4, 0.5) is 0 Å². The number of hydrogen-bond acceptors (Lipinski definition) is 4. The first-order valence-corrected chi connectivity index (χ1v) is 3.95. The first-order valence-electron chi connectivity index (χ1n) is 3.95. The minimum Gasteiger partial charge on any atom is -0.482 e. The van der Waals surface area contributed by atoms with E-state index in [4.69, 9.17) is 14.4 Å². The van der Waals surface area contributed by atoms with Crippen LogP contribution in [0.3, 0.4) is 0 Å². The highest BCUT2D eigenvalue weighted by Crippen LogP contribution is 2.19. The van der Waals surface area contributed by atoms with Crippen LogP contribution in [0.5, 0.6) is 5.75 Å². The van der Waals surface area contributed by atoms with E-state index in [-0.39, 0.29) is 6.61 Å². The maximum atomic E-state index is 10.2. The molecule has 1 N–H and O–H groups in total. The van der Waals surface area contributed by atoms with Crippen LogP contribution in [0.15, 0.2) is 28.9 Å². The van der Waals surface area contributed by atoms with E-state index < -0.39 is 5.97 Å². The number of carboxylic acid groups (broad SMARTS) is 1. The number of aliphatic carboxylic acids is 1. The smallest absolute Gasteiger partial charge is 0.341 e. The molecular formula is C9H7NO4. The predicted molar refractivity (Wildman–Crippen MR) is 47.1 cm³/mol. The van der Waals surface area contributed by atoms with Gasteiger partial charge in [-0.1, -0.05) is 5.16 Å². The number of benzene rings is 1. The molecule has 0 unspecified atom stereocenters. The number of hydrogen-bond donors (Lipinski definition) is 1. The molecule has 0 saturated heterocycles. The zero-order valence-corrected chi connectivity index (χ0v) is 7.14. The van der Waals surface area contributed by atoms with Crippen molar-refractivity contribution in [2.45, 2.75) is 0 Å². The van der Waals surface area contributed by atoms with E-state index in [0.717, 1.165) is 5.39 Å². The fourth-order valence-corrected chi connectivity index (χ4v) is 1.09. The zero-order valence-electron chi connectivity index (χ0n) is 7.14. The number of fused-ring (bicyclic) bond motifs is 1. The summed E-state index contributed by atoms with van der Waals surface area (Å²) >= 11 is 0. The summed E-state index contributed by atoms with van der Waals surface area (Å²) in [5.41, 5.74) is 0.646. The van der Waals surface area contributed by atoms with E-state index in [1.807, 2.05) is 0 Å². The number of carboxylic acids is 1. The van der Waals surface area contributed by atoms with E-state index in [1.54, 1.807) is 24.4 Å². The number of carbonyl (C=O) groups is 1. The van der Waals surface area contributed by atoms with Gasteiger partial charge in [0, 0.05) is 5.39 Å². The van der Waals surface area contributed by atoms with Crippen molar-refractivity contribution in [2.75, 3.05) is 6.61 Å². The van der Waals surface area contributed by atoms with E-state index in [0.29, 0.717) is 11.3 Å². The fourth-order valence-electron chi connectivity index (χ4n) is 1.09. The van der Waals surface area contributed by atoms with Gasteiger partial charge in [0.05, 0.1) is 6.20 Å². The molecule has 2 aromatic rings. The second kappa shape index (κ2) is 3.37. The van der Waals surface area contributed by atoms with Gasteiger partial charge in [-0.3, -0.25) is 0 Å². The van der Waals surface area contributed by atoms with Crippen LogP contribution in [0.2, 0.25) is 0 Å². The third-order valence-corrected chi connectivity index (χ3v) is 1.69. The van der Waals surface area contributed by atoms with Crippen molar-refractivity contribution in [3.8, 4) is 5.75 Å². The normalized spacial score (nSPS) is 10.3. The molecule has 0 aliphatic heterocycles. The van der Waals surface area contributed by atoms with Crippen LogP contribution in [-0.4, -0.2) is 22.8 Å². The Morgan fingerprint density at radius 1 is 1.57 bits per heavy atom. The monoisotopic (exact) mass is 193 g/mol. The van der Waals surface area contributed by atoms with Crippen LogP contribution in [0.1, 0.15) is 0 Å². The summed E-state index contributed by atoms with van der Waals surface area (Å²) in [7, 11) is 0. The van der Waals surface area contributed by atoms with Crippen LogP contribution in [0.25, 0.3) is 11.0 Å². The van der Waals surface area contributed by atoms with Gasteiger partial charge in [0.25, 0.3) is 0 Å². The zero-order chi connectivity index (χ0) is 9.97. The lowest BCUT2D eigenvalue weighted by atomic mass is 10.2. The van der Waals surface area contributed by atoms with E-state index in [1.165, 1.54) is 0 Å². The Morgan fingerprint density at radius 2 is 2.43 bits per heavy atom. The number of rotatable bonds is 3. The molecule has 0 aliphatic carbocycles. The van der Waals surface area contributed by atoms with Crippen LogP contribution in [-0.2, 0) is 4.79 Å². The molecule has 5 heteroatoms. The van der Waals surface area contributed by atoms with Gasteiger partial charge in [-0.15, -0.1) is 0 Å². The SMILES string of the molecule is O=C(O)COc1ccc2oncc2c1. The highest BCUT2D eigenvalue weighted by atomic mass is 16.5. The molecule has 2 rings (SSSR count). The lowest BCUT2D eigenvalue weighted by Gasteiger charge is -2.01. The Labute approximate surface area is 78.9 Å². The van der Waals surface area contributed by atoms with Gasteiger partial charge in [-0.2, -0.15) is 0 Å². The number of nitrogens with zero attached hydrogens (tertiary/aromatic N) is 1. The maximum Gasteiger partial charge on any atom is 0.341 e. The summed E-state index contributed by atoms with van der Waals surface area (Å²) in [5, 5.41) is 12.8. The summed E-state index contributed by atoms with van der Waals surface area (Å²) < 4.78 is 9.85. The Balaban J connectivity index is 2.21. The molecule has 0 radical (unpaired) electrons. The summed E-state index contributed by atoms with van der Waals surface area (Å²) in [6.45, 7) is -0.350. The lowest BCUT2D eigenvalue weighted by Crippen LogP contribution is -2.09. The summed E-state index contributed by atoms with van der Waals surface area (Å²) in [6, 6.07) is 4.99. The summed E-state index contributed by atoms with van der Waals surface area (Å²) in [4.78, 5) is 10.2. The minimum absolute atomic E-state index is 0.350. The van der Waals surface area contributed by atoms with Gasteiger partial charge in [0.1, 0.15) is 5.75 Å². The lowest BCUT2D eigenvalue weighted by molar-refractivity contribution is -0.139. The standard InChI is InChI=1S/C9H7NO4/c11-9(12)5-13-7-1-2-8-6(3-7)4-10-14-8/h1-4H,5H2,(H,11,12). The Hall–Kier alpha value is -2.04. The van der Waals surface area contributed by atoms with Crippen molar-refractivity contribution in [2.24, 2.45) is 0 Å². The second-order valence-corrected chi connectivity index (χ2v) is 2.71. The minimum atomic E-state index is -1.00. The van der Waals surface area contributed by atoms with Gasteiger partial charge in [-0.05, 0) is 18.2 Å². The van der Waals surface area contributed by atoms with Crippen molar-refractivity contribution in [1.29, 1.82) is 0 Å². The largest absolute Gasteiger partial charge is 0.482 e. The molecule has 0 aliphatic rings. The second-order valence-electron chi connectivity index (χ2n) is 2.71. The van der Waals surface area contributed by atoms with Crippen molar-refractivity contribution in [1.82, 2.24) is 5.16 Å². The molecule has 5 nitrogen and oxygen atoms in total. The average Bonchev–Trinajstić information content (AvgIpc) is 2.61. The third kappa shape index (κ3) is 1.66. The van der Waals surface area contributed by atoms with E-state index >= 15 is 0 Å². The maximum absolute atomic E-state index is 10.2. The number of aromatic nitrogens is 1. The molecule has 14 heavy (non-hydrogen) atoms.